The van der Waals surface area contributed by atoms with E-state index in [1.807, 2.05) is 6.07 Å². The van der Waals surface area contributed by atoms with Gasteiger partial charge in [-0.25, -0.2) is 0 Å². The fourth-order valence-corrected chi connectivity index (χ4v) is 2.80. The maximum atomic E-state index is 12.5. The molecule has 2 aliphatic heterocycles. The Hall–Kier alpha value is -2.63. The van der Waals surface area contributed by atoms with Crippen LogP contribution < -0.4 is 10.1 Å². The van der Waals surface area contributed by atoms with Gasteiger partial charge in [-0.15, -0.1) is 0 Å². The van der Waals surface area contributed by atoms with E-state index < -0.39 is 11.9 Å². The molecule has 2 heterocycles. The first-order valence-corrected chi connectivity index (χ1v) is 7.11. The summed E-state index contributed by atoms with van der Waals surface area (Å²) in [6, 6.07) is 4.66. The van der Waals surface area contributed by atoms with Gasteiger partial charge in [0.25, 0.3) is 5.91 Å². The molecule has 0 bridgehead atoms. The second-order valence-electron chi connectivity index (χ2n) is 5.32. The number of carbonyl (C=O) groups is 3. The van der Waals surface area contributed by atoms with Crippen molar-refractivity contribution in [3.05, 3.63) is 42.0 Å². The first kappa shape index (κ1) is 14.3. The molecule has 1 aromatic rings. The Morgan fingerprint density at radius 1 is 1.36 bits per heavy atom. The molecule has 0 unspecified atom stereocenters. The summed E-state index contributed by atoms with van der Waals surface area (Å²) in [5, 5.41) is 2.29. The largest absolute Gasteiger partial charge is 0.490 e. The fourth-order valence-electron chi connectivity index (χ4n) is 2.80. The highest BCUT2D eigenvalue weighted by Gasteiger charge is 2.39. The predicted octanol–water partition coefficient (Wildman–Crippen LogP) is 1.01. The van der Waals surface area contributed by atoms with Gasteiger partial charge in [0.05, 0.1) is 0 Å². The predicted molar refractivity (Wildman–Crippen MR) is 78.2 cm³/mol. The maximum Gasteiger partial charge on any atom is 0.255 e. The number of rotatable bonds is 4. The number of nitrogens with zero attached hydrogens (tertiary/aromatic N) is 1. The number of hydrogen-bond donors (Lipinski definition) is 1. The normalized spacial score (nSPS) is 20.6. The topological polar surface area (TPSA) is 75.7 Å². The highest BCUT2D eigenvalue weighted by molar-refractivity contribution is 6.05. The third-order valence-electron chi connectivity index (χ3n) is 3.86. The summed E-state index contributed by atoms with van der Waals surface area (Å²) in [7, 11) is 0. The van der Waals surface area contributed by atoms with E-state index in [1.54, 1.807) is 18.2 Å². The summed E-state index contributed by atoms with van der Waals surface area (Å²) in [6.07, 6.45) is 2.27. The Bertz CT molecular complexity index is 668. The summed E-state index contributed by atoms with van der Waals surface area (Å²) in [4.78, 5) is 37.1. The van der Waals surface area contributed by atoms with Crippen LogP contribution in [0.3, 0.4) is 0 Å². The Kier molecular flexibility index (Phi) is 3.66. The van der Waals surface area contributed by atoms with Gasteiger partial charge in [-0.3, -0.25) is 19.7 Å². The SMILES string of the molecule is C=CCOc1ccc2c(c1)CN([C@H]1CCC(=O)NC1=O)C2=O. The molecule has 1 saturated heterocycles. The molecular formula is C16H16N2O4. The fraction of sp³-hybridized carbons (Fsp3) is 0.312. The molecule has 1 aromatic carbocycles. The number of fused-ring (bicyclic) bond motifs is 1. The van der Waals surface area contributed by atoms with Crippen LogP contribution in [0, 0.1) is 0 Å². The second-order valence-corrected chi connectivity index (χ2v) is 5.32. The number of benzene rings is 1. The monoisotopic (exact) mass is 300 g/mol. The molecule has 0 radical (unpaired) electrons. The molecule has 1 N–H and O–H groups in total. The third-order valence-corrected chi connectivity index (χ3v) is 3.86. The zero-order valence-electron chi connectivity index (χ0n) is 12.0. The van der Waals surface area contributed by atoms with E-state index >= 15 is 0 Å². The summed E-state index contributed by atoms with van der Waals surface area (Å²) < 4.78 is 5.46. The number of imide groups is 1. The molecule has 0 spiro atoms. The van der Waals surface area contributed by atoms with Crippen LogP contribution >= 0.6 is 0 Å². The van der Waals surface area contributed by atoms with Crippen molar-refractivity contribution < 1.29 is 19.1 Å². The third kappa shape index (κ3) is 2.47. The Morgan fingerprint density at radius 2 is 2.18 bits per heavy atom. The molecule has 6 heteroatoms. The number of amides is 3. The van der Waals surface area contributed by atoms with E-state index in [9.17, 15) is 14.4 Å². The van der Waals surface area contributed by atoms with Crippen LogP contribution in [0.4, 0.5) is 0 Å². The Balaban J connectivity index is 1.80. The number of piperidine rings is 1. The van der Waals surface area contributed by atoms with E-state index in [0.717, 1.165) is 5.56 Å². The number of hydrogen-bond acceptors (Lipinski definition) is 4. The van der Waals surface area contributed by atoms with Crippen molar-refractivity contribution in [1.82, 2.24) is 10.2 Å². The minimum absolute atomic E-state index is 0.181. The average Bonchev–Trinajstić information content (AvgIpc) is 2.82. The lowest BCUT2D eigenvalue weighted by molar-refractivity contribution is -0.136. The van der Waals surface area contributed by atoms with E-state index in [4.69, 9.17) is 4.74 Å². The van der Waals surface area contributed by atoms with Gasteiger partial charge in [-0.1, -0.05) is 12.7 Å². The minimum atomic E-state index is -0.588. The molecule has 0 saturated carbocycles. The number of ether oxygens (including phenoxy) is 1. The van der Waals surface area contributed by atoms with Gasteiger partial charge in [0.2, 0.25) is 11.8 Å². The van der Waals surface area contributed by atoms with Crippen LogP contribution in [0.1, 0.15) is 28.8 Å². The molecule has 22 heavy (non-hydrogen) atoms. The van der Waals surface area contributed by atoms with Crippen molar-refractivity contribution in [3.8, 4) is 5.75 Å². The van der Waals surface area contributed by atoms with Crippen molar-refractivity contribution in [1.29, 1.82) is 0 Å². The van der Waals surface area contributed by atoms with Gasteiger partial charge in [0.1, 0.15) is 18.4 Å². The molecule has 0 aromatic heterocycles. The van der Waals surface area contributed by atoms with E-state index in [0.29, 0.717) is 30.9 Å². The first-order chi connectivity index (χ1) is 10.6. The molecule has 6 nitrogen and oxygen atoms in total. The molecular weight excluding hydrogens is 284 g/mol. The van der Waals surface area contributed by atoms with Gasteiger partial charge in [-0.2, -0.15) is 0 Å². The molecule has 1 atom stereocenters. The average molecular weight is 300 g/mol. The number of carbonyl (C=O) groups excluding carboxylic acids is 3. The van der Waals surface area contributed by atoms with Crippen molar-refractivity contribution in [2.75, 3.05) is 6.61 Å². The highest BCUT2D eigenvalue weighted by atomic mass is 16.5. The van der Waals surface area contributed by atoms with Crippen LogP contribution in [-0.4, -0.2) is 35.3 Å². The van der Waals surface area contributed by atoms with E-state index in [-0.39, 0.29) is 18.2 Å². The Morgan fingerprint density at radius 3 is 2.91 bits per heavy atom. The van der Waals surface area contributed by atoms with Crippen LogP contribution in [0.15, 0.2) is 30.9 Å². The van der Waals surface area contributed by atoms with Crippen LogP contribution in [0.25, 0.3) is 0 Å². The van der Waals surface area contributed by atoms with Crippen LogP contribution in [-0.2, 0) is 16.1 Å². The second kappa shape index (κ2) is 5.63. The minimum Gasteiger partial charge on any atom is -0.490 e. The smallest absolute Gasteiger partial charge is 0.255 e. The van der Waals surface area contributed by atoms with E-state index in [1.165, 1.54) is 4.90 Å². The van der Waals surface area contributed by atoms with Gasteiger partial charge in [0.15, 0.2) is 0 Å². The lowest BCUT2D eigenvalue weighted by Crippen LogP contribution is -2.52. The highest BCUT2D eigenvalue weighted by Crippen LogP contribution is 2.30. The lowest BCUT2D eigenvalue weighted by Gasteiger charge is -2.29. The molecule has 2 aliphatic rings. The van der Waals surface area contributed by atoms with E-state index in [2.05, 4.69) is 11.9 Å². The van der Waals surface area contributed by atoms with Crippen LogP contribution in [0.5, 0.6) is 5.75 Å². The Labute approximate surface area is 127 Å². The standard InChI is InChI=1S/C16H16N2O4/c1-2-7-22-11-3-4-12-10(8-11)9-18(16(12)21)13-5-6-14(19)17-15(13)20/h2-4,8,13H,1,5-7,9H2,(H,17,19,20)/t13-/m0/s1. The van der Waals surface area contributed by atoms with Gasteiger partial charge in [0, 0.05) is 18.5 Å². The maximum absolute atomic E-state index is 12.5. The summed E-state index contributed by atoms with van der Waals surface area (Å²) in [6.45, 7) is 4.33. The van der Waals surface area contributed by atoms with Gasteiger partial charge >= 0.3 is 0 Å². The summed E-state index contributed by atoms with van der Waals surface area (Å²) >= 11 is 0. The zero-order chi connectivity index (χ0) is 15.7. The van der Waals surface area contributed by atoms with Crippen LogP contribution in [0.2, 0.25) is 0 Å². The van der Waals surface area contributed by atoms with Gasteiger partial charge in [-0.05, 0) is 30.2 Å². The summed E-state index contributed by atoms with van der Waals surface area (Å²) in [5.41, 5.74) is 1.41. The van der Waals surface area contributed by atoms with Crippen molar-refractivity contribution in [2.45, 2.75) is 25.4 Å². The van der Waals surface area contributed by atoms with Crippen molar-refractivity contribution in [2.24, 2.45) is 0 Å². The summed E-state index contributed by atoms with van der Waals surface area (Å²) in [5.74, 6) is -0.206. The quantitative estimate of drug-likeness (QED) is 0.665. The molecule has 114 valence electrons. The number of nitrogens with one attached hydrogen (secondary N) is 1. The molecule has 0 aliphatic carbocycles. The van der Waals surface area contributed by atoms with Gasteiger partial charge < -0.3 is 9.64 Å². The van der Waals surface area contributed by atoms with Crippen molar-refractivity contribution >= 4 is 17.7 Å². The molecule has 1 fully saturated rings. The molecule has 3 rings (SSSR count). The van der Waals surface area contributed by atoms with Crippen molar-refractivity contribution in [3.63, 3.8) is 0 Å². The molecule has 3 amide bonds. The lowest BCUT2D eigenvalue weighted by atomic mass is 10.0. The zero-order valence-corrected chi connectivity index (χ0v) is 12.0. The first-order valence-electron chi connectivity index (χ1n) is 7.11.